The quantitative estimate of drug-likeness (QED) is 0.803. The molecule has 1 aromatic carbocycles. The summed E-state index contributed by atoms with van der Waals surface area (Å²) in [5, 5.41) is 5.71. The predicted octanol–water partition coefficient (Wildman–Crippen LogP) is 0.481. The minimum Gasteiger partial charge on any atom is -0.360 e. The van der Waals surface area contributed by atoms with Crippen molar-refractivity contribution in [2.75, 3.05) is 31.6 Å². The van der Waals surface area contributed by atoms with Crippen LogP contribution in [0.25, 0.3) is 0 Å². The first-order valence-corrected chi connectivity index (χ1v) is 5.66. The fourth-order valence-corrected chi connectivity index (χ4v) is 2.04. The van der Waals surface area contributed by atoms with Gasteiger partial charge in [-0.1, -0.05) is 6.07 Å². The minimum absolute atomic E-state index is 0.0177. The van der Waals surface area contributed by atoms with Gasteiger partial charge in [-0.15, -0.1) is 0 Å². The van der Waals surface area contributed by atoms with Gasteiger partial charge in [-0.05, 0) is 19.2 Å². The molecular weight excluding hydrogens is 221 g/mol. The fraction of sp³-hybridized carbons (Fsp3) is 0.417. The highest BCUT2D eigenvalue weighted by molar-refractivity contribution is 5.83. The summed E-state index contributed by atoms with van der Waals surface area (Å²) in [6.45, 7) is 2.07. The summed E-state index contributed by atoms with van der Waals surface area (Å²) in [5.41, 5.74) is 1.42. The number of halogens is 1. The Hall–Kier alpha value is -1.62. The Labute approximate surface area is 99.8 Å². The summed E-state index contributed by atoms with van der Waals surface area (Å²) in [4.78, 5) is 13.3. The van der Waals surface area contributed by atoms with E-state index in [2.05, 4.69) is 10.6 Å². The van der Waals surface area contributed by atoms with E-state index in [4.69, 9.17) is 0 Å². The van der Waals surface area contributed by atoms with E-state index in [1.807, 2.05) is 11.0 Å². The highest BCUT2D eigenvalue weighted by atomic mass is 19.1. The standard InChI is InChI=1S/C12H16FN3O/c1-14-7-9-10(13)3-2-4-11(9)16-6-5-15-12(17)8-16/h2-4,14H,5-8H2,1H3,(H,15,17). The van der Waals surface area contributed by atoms with Crippen molar-refractivity contribution in [3.63, 3.8) is 0 Å². The van der Waals surface area contributed by atoms with Crippen molar-refractivity contribution < 1.29 is 9.18 Å². The van der Waals surface area contributed by atoms with Gasteiger partial charge in [-0.2, -0.15) is 0 Å². The number of amides is 1. The van der Waals surface area contributed by atoms with Crippen LogP contribution in [0.2, 0.25) is 0 Å². The fourth-order valence-electron chi connectivity index (χ4n) is 2.04. The number of benzene rings is 1. The van der Waals surface area contributed by atoms with Crippen LogP contribution >= 0.6 is 0 Å². The maximum atomic E-state index is 13.7. The summed E-state index contributed by atoms with van der Waals surface area (Å²) in [6.07, 6.45) is 0. The Kier molecular flexibility index (Phi) is 3.58. The highest BCUT2D eigenvalue weighted by Crippen LogP contribution is 2.23. The van der Waals surface area contributed by atoms with E-state index in [1.54, 1.807) is 13.1 Å². The molecule has 1 heterocycles. The third kappa shape index (κ3) is 2.55. The molecule has 2 rings (SSSR count). The minimum atomic E-state index is -0.233. The predicted molar refractivity (Wildman–Crippen MR) is 64.4 cm³/mol. The second-order valence-electron chi connectivity index (χ2n) is 4.04. The zero-order valence-corrected chi connectivity index (χ0v) is 9.79. The molecule has 17 heavy (non-hydrogen) atoms. The number of hydrogen-bond acceptors (Lipinski definition) is 3. The van der Waals surface area contributed by atoms with Gasteiger partial charge < -0.3 is 15.5 Å². The zero-order valence-electron chi connectivity index (χ0n) is 9.79. The van der Waals surface area contributed by atoms with Gasteiger partial charge in [-0.25, -0.2) is 4.39 Å². The van der Waals surface area contributed by atoms with Gasteiger partial charge >= 0.3 is 0 Å². The average molecular weight is 237 g/mol. The average Bonchev–Trinajstić information content (AvgIpc) is 2.32. The maximum absolute atomic E-state index is 13.7. The zero-order chi connectivity index (χ0) is 12.3. The van der Waals surface area contributed by atoms with Gasteiger partial charge in [0.1, 0.15) is 5.82 Å². The van der Waals surface area contributed by atoms with E-state index in [-0.39, 0.29) is 11.7 Å². The molecule has 92 valence electrons. The van der Waals surface area contributed by atoms with Crippen LogP contribution < -0.4 is 15.5 Å². The van der Waals surface area contributed by atoms with Crippen LogP contribution in [0.1, 0.15) is 5.56 Å². The molecule has 1 aliphatic rings. The lowest BCUT2D eigenvalue weighted by molar-refractivity contribution is -0.120. The Bertz CT molecular complexity index is 422. The van der Waals surface area contributed by atoms with Crippen molar-refractivity contribution in [1.82, 2.24) is 10.6 Å². The Morgan fingerprint density at radius 2 is 2.35 bits per heavy atom. The molecule has 1 saturated heterocycles. The molecule has 0 radical (unpaired) electrons. The first-order chi connectivity index (χ1) is 8.22. The van der Waals surface area contributed by atoms with E-state index in [1.165, 1.54) is 6.07 Å². The van der Waals surface area contributed by atoms with Gasteiger partial charge in [-0.3, -0.25) is 4.79 Å². The number of anilines is 1. The SMILES string of the molecule is CNCc1c(F)cccc1N1CCNC(=O)C1. The van der Waals surface area contributed by atoms with E-state index in [0.29, 0.717) is 31.7 Å². The van der Waals surface area contributed by atoms with Crippen LogP contribution in [0.5, 0.6) is 0 Å². The number of piperazine rings is 1. The van der Waals surface area contributed by atoms with Gasteiger partial charge in [0.25, 0.3) is 0 Å². The topological polar surface area (TPSA) is 44.4 Å². The van der Waals surface area contributed by atoms with Gasteiger partial charge in [0.2, 0.25) is 5.91 Å². The van der Waals surface area contributed by atoms with Crippen LogP contribution in [0.3, 0.4) is 0 Å². The van der Waals surface area contributed by atoms with Crippen molar-refractivity contribution >= 4 is 11.6 Å². The summed E-state index contributed by atoms with van der Waals surface area (Å²) >= 11 is 0. The number of carbonyl (C=O) groups excluding carboxylic acids is 1. The van der Waals surface area contributed by atoms with Crippen molar-refractivity contribution in [2.45, 2.75) is 6.54 Å². The molecule has 0 atom stereocenters. The van der Waals surface area contributed by atoms with Crippen LogP contribution in [0.15, 0.2) is 18.2 Å². The molecule has 5 heteroatoms. The summed E-state index contributed by atoms with van der Waals surface area (Å²) < 4.78 is 13.7. The lowest BCUT2D eigenvalue weighted by atomic mass is 10.1. The molecule has 1 fully saturated rings. The van der Waals surface area contributed by atoms with E-state index in [0.717, 1.165) is 5.69 Å². The van der Waals surface area contributed by atoms with Crippen LogP contribution in [0, 0.1) is 5.82 Å². The second kappa shape index (κ2) is 5.14. The van der Waals surface area contributed by atoms with Gasteiger partial charge in [0.05, 0.1) is 6.54 Å². The van der Waals surface area contributed by atoms with E-state index in [9.17, 15) is 9.18 Å². The number of nitrogens with zero attached hydrogens (tertiary/aromatic N) is 1. The number of nitrogens with one attached hydrogen (secondary N) is 2. The largest absolute Gasteiger partial charge is 0.360 e. The number of hydrogen-bond donors (Lipinski definition) is 2. The molecule has 0 spiro atoms. The van der Waals surface area contributed by atoms with Gasteiger partial charge in [0, 0.05) is 30.9 Å². The first kappa shape index (κ1) is 11.9. The lowest BCUT2D eigenvalue weighted by Gasteiger charge is -2.30. The number of rotatable bonds is 3. The van der Waals surface area contributed by atoms with Crippen molar-refractivity contribution in [3.05, 3.63) is 29.6 Å². The molecule has 2 N–H and O–H groups in total. The third-order valence-electron chi connectivity index (χ3n) is 2.83. The van der Waals surface area contributed by atoms with Crippen LogP contribution in [0.4, 0.5) is 10.1 Å². The molecule has 1 aliphatic heterocycles. The van der Waals surface area contributed by atoms with Crippen LogP contribution in [-0.2, 0) is 11.3 Å². The lowest BCUT2D eigenvalue weighted by Crippen LogP contribution is -2.48. The van der Waals surface area contributed by atoms with Gasteiger partial charge in [0.15, 0.2) is 0 Å². The Morgan fingerprint density at radius 1 is 1.53 bits per heavy atom. The molecule has 1 aromatic rings. The van der Waals surface area contributed by atoms with Crippen molar-refractivity contribution in [2.24, 2.45) is 0 Å². The molecule has 0 saturated carbocycles. The maximum Gasteiger partial charge on any atom is 0.239 e. The summed E-state index contributed by atoms with van der Waals surface area (Å²) in [7, 11) is 1.78. The monoisotopic (exact) mass is 237 g/mol. The van der Waals surface area contributed by atoms with E-state index < -0.39 is 0 Å². The smallest absolute Gasteiger partial charge is 0.239 e. The first-order valence-electron chi connectivity index (χ1n) is 5.66. The number of carbonyl (C=O) groups is 1. The molecule has 0 aliphatic carbocycles. The molecule has 0 bridgehead atoms. The Morgan fingerprint density at radius 3 is 3.06 bits per heavy atom. The molecular formula is C12H16FN3O. The summed E-state index contributed by atoms with van der Waals surface area (Å²) in [5.74, 6) is -0.251. The molecule has 0 unspecified atom stereocenters. The molecule has 0 aromatic heterocycles. The highest BCUT2D eigenvalue weighted by Gasteiger charge is 2.20. The third-order valence-corrected chi connectivity index (χ3v) is 2.83. The normalized spacial score (nSPS) is 15.9. The van der Waals surface area contributed by atoms with E-state index >= 15 is 0 Å². The molecule has 4 nitrogen and oxygen atoms in total. The Balaban J connectivity index is 2.30. The second-order valence-corrected chi connectivity index (χ2v) is 4.04. The van der Waals surface area contributed by atoms with Crippen molar-refractivity contribution in [3.8, 4) is 0 Å². The molecule has 1 amide bonds. The van der Waals surface area contributed by atoms with Crippen molar-refractivity contribution in [1.29, 1.82) is 0 Å². The summed E-state index contributed by atoms with van der Waals surface area (Å²) in [6, 6.07) is 4.98. The van der Waals surface area contributed by atoms with Crippen LogP contribution in [-0.4, -0.2) is 32.6 Å².